The molecule has 1 N–H and O–H groups in total. The molecule has 0 spiro atoms. The van der Waals surface area contributed by atoms with Crippen LogP contribution in [0.1, 0.15) is 12.5 Å². The Kier molecular flexibility index (Phi) is 2.52. The second-order valence-corrected chi connectivity index (χ2v) is 4.85. The van der Waals surface area contributed by atoms with E-state index in [9.17, 15) is 5.11 Å². The van der Waals surface area contributed by atoms with E-state index in [1.807, 2.05) is 0 Å². The van der Waals surface area contributed by atoms with E-state index in [0.29, 0.717) is 5.92 Å². The molecule has 1 aliphatic carbocycles. The normalized spacial score (nSPS) is 26.2. The van der Waals surface area contributed by atoms with Crippen molar-refractivity contribution in [3.05, 3.63) is 53.8 Å². The van der Waals surface area contributed by atoms with Gasteiger partial charge in [-0.1, -0.05) is 37.3 Å². The fourth-order valence-corrected chi connectivity index (χ4v) is 2.75. The number of aliphatic hydroxyl groups excluding tert-OH is 1. The van der Waals surface area contributed by atoms with Gasteiger partial charge < -0.3 is 10.0 Å². The Morgan fingerprint density at radius 3 is 2.88 bits per heavy atom. The summed E-state index contributed by atoms with van der Waals surface area (Å²) in [6.07, 6.45) is 7.55. The summed E-state index contributed by atoms with van der Waals surface area (Å²) in [4.78, 5) is 2.27. The van der Waals surface area contributed by atoms with E-state index in [0.717, 1.165) is 6.42 Å². The SMILES string of the molecule is CC1C=CC(N2c3ccccc3C[C@H]2CO)=C1. The van der Waals surface area contributed by atoms with Crippen molar-refractivity contribution >= 4 is 5.69 Å². The van der Waals surface area contributed by atoms with Crippen molar-refractivity contribution in [1.82, 2.24) is 0 Å². The summed E-state index contributed by atoms with van der Waals surface area (Å²) in [6, 6.07) is 8.61. The van der Waals surface area contributed by atoms with Gasteiger partial charge in [0.1, 0.15) is 0 Å². The van der Waals surface area contributed by atoms with E-state index in [4.69, 9.17) is 0 Å². The van der Waals surface area contributed by atoms with Crippen molar-refractivity contribution in [3.8, 4) is 0 Å². The summed E-state index contributed by atoms with van der Waals surface area (Å²) < 4.78 is 0. The van der Waals surface area contributed by atoms with Crippen molar-refractivity contribution < 1.29 is 5.11 Å². The van der Waals surface area contributed by atoms with Crippen LogP contribution in [0.25, 0.3) is 0 Å². The second-order valence-electron chi connectivity index (χ2n) is 4.85. The predicted molar refractivity (Wildman–Crippen MR) is 69.9 cm³/mol. The lowest BCUT2D eigenvalue weighted by molar-refractivity contribution is 0.267. The van der Waals surface area contributed by atoms with E-state index in [1.165, 1.54) is 16.9 Å². The number of fused-ring (bicyclic) bond motifs is 1. The Balaban J connectivity index is 2.02. The maximum atomic E-state index is 9.54. The number of hydrogen-bond donors (Lipinski definition) is 1. The van der Waals surface area contributed by atoms with Crippen LogP contribution < -0.4 is 4.90 Å². The molecule has 1 aromatic carbocycles. The van der Waals surface area contributed by atoms with E-state index in [1.54, 1.807) is 0 Å². The van der Waals surface area contributed by atoms with Gasteiger partial charge in [0.05, 0.1) is 12.6 Å². The molecule has 1 aliphatic heterocycles. The molecule has 88 valence electrons. The highest BCUT2D eigenvalue weighted by Gasteiger charge is 2.30. The van der Waals surface area contributed by atoms with Gasteiger partial charge in [-0.05, 0) is 30.0 Å². The largest absolute Gasteiger partial charge is 0.394 e. The molecule has 2 nitrogen and oxygen atoms in total. The molecule has 0 amide bonds. The zero-order valence-corrected chi connectivity index (χ0v) is 10.0. The quantitative estimate of drug-likeness (QED) is 0.839. The van der Waals surface area contributed by atoms with E-state index >= 15 is 0 Å². The van der Waals surface area contributed by atoms with Gasteiger partial charge in [-0.2, -0.15) is 0 Å². The minimum Gasteiger partial charge on any atom is -0.394 e. The molecular formula is C15H17NO. The van der Waals surface area contributed by atoms with Gasteiger partial charge in [0.15, 0.2) is 0 Å². The van der Waals surface area contributed by atoms with Crippen LogP contribution >= 0.6 is 0 Å². The van der Waals surface area contributed by atoms with E-state index in [-0.39, 0.29) is 12.6 Å². The number of allylic oxidation sites excluding steroid dienone is 3. The topological polar surface area (TPSA) is 23.5 Å². The van der Waals surface area contributed by atoms with Crippen molar-refractivity contribution in [2.75, 3.05) is 11.5 Å². The van der Waals surface area contributed by atoms with Crippen LogP contribution in [0.15, 0.2) is 48.2 Å². The Morgan fingerprint density at radius 2 is 2.18 bits per heavy atom. The first-order valence-electron chi connectivity index (χ1n) is 6.17. The lowest BCUT2D eigenvalue weighted by atomic mass is 10.1. The van der Waals surface area contributed by atoms with Crippen LogP contribution in [0.2, 0.25) is 0 Å². The van der Waals surface area contributed by atoms with Crippen LogP contribution in [-0.4, -0.2) is 17.8 Å². The number of aliphatic hydroxyl groups is 1. The van der Waals surface area contributed by atoms with E-state index < -0.39 is 0 Å². The molecule has 3 rings (SSSR count). The molecule has 2 heteroatoms. The van der Waals surface area contributed by atoms with Gasteiger partial charge in [0, 0.05) is 11.4 Å². The Hall–Kier alpha value is -1.54. The predicted octanol–water partition coefficient (Wildman–Crippen LogP) is 2.50. The third-order valence-electron chi connectivity index (χ3n) is 3.56. The summed E-state index contributed by atoms with van der Waals surface area (Å²) in [5.41, 5.74) is 3.80. The summed E-state index contributed by atoms with van der Waals surface area (Å²) >= 11 is 0. The van der Waals surface area contributed by atoms with Gasteiger partial charge in [0.25, 0.3) is 0 Å². The lowest BCUT2D eigenvalue weighted by Crippen LogP contribution is -2.33. The molecule has 1 heterocycles. The molecule has 17 heavy (non-hydrogen) atoms. The zero-order valence-electron chi connectivity index (χ0n) is 10.0. The first-order chi connectivity index (χ1) is 8.29. The maximum absolute atomic E-state index is 9.54. The molecule has 2 aliphatic rings. The molecular weight excluding hydrogens is 210 g/mol. The second kappa shape index (κ2) is 4.04. The number of anilines is 1. The lowest BCUT2D eigenvalue weighted by Gasteiger charge is -2.26. The summed E-state index contributed by atoms with van der Waals surface area (Å²) in [5.74, 6) is 0.497. The van der Waals surface area contributed by atoms with Crippen molar-refractivity contribution in [1.29, 1.82) is 0 Å². The molecule has 0 fully saturated rings. The van der Waals surface area contributed by atoms with Gasteiger partial charge in [-0.25, -0.2) is 0 Å². The molecule has 1 aromatic rings. The number of para-hydroxylation sites is 1. The zero-order chi connectivity index (χ0) is 11.8. The Morgan fingerprint density at radius 1 is 1.35 bits per heavy atom. The molecule has 0 aromatic heterocycles. The highest BCUT2D eigenvalue weighted by atomic mass is 16.3. The van der Waals surface area contributed by atoms with Crippen molar-refractivity contribution in [2.45, 2.75) is 19.4 Å². The van der Waals surface area contributed by atoms with Crippen LogP contribution in [-0.2, 0) is 6.42 Å². The third kappa shape index (κ3) is 1.69. The standard InChI is InChI=1S/C15H17NO/c1-11-6-7-13(8-11)16-14(10-17)9-12-4-2-3-5-15(12)16/h2-8,11,14,17H,9-10H2,1H3/t11?,14-/m0/s1. The van der Waals surface area contributed by atoms with E-state index in [2.05, 4.69) is 54.3 Å². The van der Waals surface area contributed by atoms with Crippen LogP contribution in [0.5, 0.6) is 0 Å². The van der Waals surface area contributed by atoms with Crippen molar-refractivity contribution in [3.63, 3.8) is 0 Å². The number of rotatable bonds is 2. The highest BCUT2D eigenvalue weighted by Crippen LogP contribution is 2.36. The summed E-state index contributed by atoms with van der Waals surface area (Å²) in [7, 11) is 0. The van der Waals surface area contributed by atoms with Crippen LogP contribution in [0.3, 0.4) is 0 Å². The number of hydrogen-bond acceptors (Lipinski definition) is 2. The third-order valence-corrected chi connectivity index (χ3v) is 3.56. The average molecular weight is 227 g/mol. The monoisotopic (exact) mass is 227 g/mol. The molecule has 0 saturated heterocycles. The molecule has 0 bridgehead atoms. The average Bonchev–Trinajstić information content (AvgIpc) is 2.91. The smallest absolute Gasteiger partial charge is 0.0642 e. The minimum absolute atomic E-state index is 0.189. The van der Waals surface area contributed by atoms with Crippen LogP contribution in [0.4, 0.5) is 5.69 Å². The summed E-state index contributed by atoms with van der Waals surface area (Å²) in [5, 5.41) is 9.54. The van der Waals surface area contributed by atoms with Gasteiger partial charge in [0.2, 0.25) is 0 Å². The summed E-state index contributed by atoms with van der Waals surface area (Å²) in [6.45, 7) is 2.38. The first kappa shape index (κ1) is 10.6. The van der Waals surface area contributed by atoms with Gasteiger partial charge >= 0.3 is 0 Å². The fraction of sp³-hybridized carbons (Fsp3) is 0.333. The molecule has 0 saturated carbocycles. The van der Waals surface area contributed by atoms with Gasteiger partial charge in [-0.3, -0.25) is 0 Å². The molecule has 2 atom stereocenters. The van der Waals surface area contributed by atoms with Gasteiger partial charge in [-0.15, -0.1) is 0 Å². The highest BCUT2D eigenvalue weighted by molar-refractivity contribution is 5.66. The molecule has 0 radical (unpaired) electrons. The minimum atomic E-state index is 0.189. The number of nitrogens with zero attached hydrogens (tertiary/aromatic N) is 1. The number of benzene rings is 1. The first-order valence-corrected chi connectivity index (χ1v) is 6.17. The molecule has 1 unspecified atom stereocenters. The van der Waals surface area contributed by atoms with Crippen LogP contribution in [0, 0.1) is 5.92 Å². The Labute approximate surface area is 102 Å². The Bertz CT molecular complexity index is 489. The fourth-order valence-electron chi connectivity index (χ4n) is 2.75. The maximum Gasteiger partial charge on any atom is 0.0642 e. The van der Waals surface area contributed by atoms with Crippen molar-refractivity contribution in [2.24, 2.45) is 5.92 Å².